The lowest BCUT2D eigenvalue weighted by atomic mass is 9.79. The van der Waals surface area contributed by atoms with Gasteiger partial charge in [0.25, 0.3) is 11.7 Å². The molecule has 0 radical (unpaired) electrons. The fourth-order valence-corrected chi connectivity index (χ4v) is 8.79. The molecule has 1 aliphatic carbocycles. The van der Waals surface area contributed by atoms with E-state index in [1.54, 1.807) is 27.7 Å². The Hall–Kier alpha value is -4.74. The van der Waals surface area contributed by atoms with Gasteiger partial charge in [0.15, 0.2) is 17.8 Å². The van der Waals surface area contributed by atoms with Crippen LogP contribution in [0.3, 0.4) is 0 Å². The molecule has 16 nitrogen and oxygen atoms in total. The van der Waals surface area contributed by atoms with Crippen LogP contribution in [0.4, 0.5) is 11.4 Å². The number of esters is 1. The number of nitrogens with one attached hydrogen (secondary N) is 2. The predicted molar refractivity (Wildman–Crippen MR) is 214 cm³/mol. The summed E-state index contributed by atoms with van der Waals surface area (Å²) in [5.41, 5.74) is 0.142. The zero-order valence-electron chi connectivity index (χ0n) is 34.8. The molecule has 322 valence electrons. The van der Waals surface area contributed by atoms with E-state index in [4.69, 9.17) is 23.7 Å². The Morgan fingerprint density at radius 3 is 2.31 bits per heavy atom. The number of anilines is 2. The van der Waals surface area contributed by atoms with Gasteiger partial charge in [-0.1, -0.05) is 20.8 Å². The van der Waals surface area contributed by atoms with Gasteiger partial charge < -0.3 is 59.9 Å². The second-order valence-corrected chi connectivity index (χ2v) is 16.7. The zero-order valence-corrected chi connectivity index (χ0v) is 34.8. The lowest BCUT2D eigenvalue weighted by molar-refractivity contribution is -0.161. The second kappa shape index (κ2) is 16.7. The van der Waals surface area contributed by atoms with Crippen molar-refractivity contribution in [3.63, 3.8) is 0 Å². The Labute approximate surface area is 342 Å². The number of allylic oxidation sites excluding steroid dienone is 1. The van der Waals surface area contributed by atoms with Crippen molar-refractivity contribution in [2.24, 2.45) is 29.6 Å². The monoisotopic (exact) mass is 824 g/mol. The maximum Gasteiger partial charge on any atom is 0.312 e. The first-order chi connectivity index (χ1) is 27.7. The maximum absolute atomic E-state index is 14.6. The molecule has 2 aromatic carbocycles. The zero-order chi connectivity index (χ0) is 43.4. The standard InChI is InChI=1S/C43H56N2O14/c1-17-14-29(47)24-15-25(24)36(50)19(3)35(49)20(4)39(58-23(7)46)18(2)30(55-9)12-13-56-43(8)41(53)34-32-27(44-26-10-11-31(48)57-22(26)6)16-28(45-42(17)54)38(52)33(32)37(51)21(5)40(34)59-43/h12-14,16,18-20,22,24-26,30-31,35-36,39,44,48-52H,10-11,15H2,1-9H3,(H,45,54)/b13-12+,17-14-/t18-,19+,20-,22+,24-,25+,26-,30+,31+,35-,36-,39-,43+/m1/s1. The van der Waals surface area contributed by atoms with Gasteiger partial charge in [-0.05, 0) is 57.7 Å². The summed E-state index contributed by atoms with van der Waals surface area (Å²) in [7, 11) is 1.43. The first kappa shape index (κ1) is 43.8. The van der Waals surface area contributed by atoms with Gasteiger partial charge in [-0.15, -0.1) is 0 Å². The normalized spacial score (nSPS) is 36.8. The highest BCUT2D eigenvalue weighted by atomic mass is 16.7. The van der Waals surface area contributed by atoms with Gasteiger partial charge in [-0.25, -0.2) is 0 Å². The van der Waals surface area contributed by atoms with Crippen LogP contribution in [0.25, 0.3) is 10.8 Å². The van der Waals surface area contributed by atoms with Crippen LogP contribution in [0.5, 0.6) is 17.2 Å². The largest absolute Gasteiger partial charge is 0.507 e. The topological polar surface area (TPSA) is 240 Å². The SMILES string of the molecule is CO[C@H]1/C=C/O[C@@]2(C)Oc3c(C)c(O)c4c(O)c(cc(N[C@@H]5CC[C@@H](O)O[C@H]5C)c4c3C2=O)NC(=O)/C(C)=C\C(=O)[C@@H]2C[C@@H]2[C@H](O)[C@@H](C)[C@@H](O)[C@@H](C)[C@H](OC(C)=O)[C@@H]1C. The molecule has 5 aliphatic rings. The van der Waals surface area contributed by atoms with E-state index in [2.05, 4.69) is 10.6 Å². The molecule has 7 N–H and O–H groups in total. The van der Waals surface area contributed by atoms with E-state index >= 15 is 0 Å². The van der Waals surface area contributed by atoms with Gasteiger partial charge in [0, 0.05) is 73.3 Å². The summed E-state index contributed by atoms with van der Waals surface area (Å²) in [5.74, 6) is -8.63. The molecule has 5 bridgehead atoms. The molecule has 1 saturated carbocycles. The lowest BCUT2D eigenvalue weighted by Gasteiger charge is -2.37. The van der Waals surface area contributed by atoms with Gasteiger partial charge in [0.05, 0.1) is 53.4 Å². The molecule has 0 aromatic heterocycles. The molecule has 4 heterocycles. The van der Waals surface area contributed by atoms with Gasteiger partial charge in [-0.3, -0.25) is 19.2 Å². The molecule has 1 amide bonds. The van der Waals surface area contributed by atoms with Crippen LogP contribution in [-0.2, 0) is 33.3 Å². The molecule has 2 fully saturated rings. The van der Waals surface area contributed by atoms with Crippen molar-refractivity contribution in [1.82, 2.24) is 0 Å². The van der Waals surface area contributed by atoms with E-state index in [9.17, 15) is 44.7 Å². The number of aliphatic hydroxyl groups is 3. The number of amides is 1. The number of carbonyl (C=O) groups excluding carboxylic acids is 4. The molecule has 16 heteroatoms. The average molecular weight is 825 g/mol. The van der Waals surface area contributed by atoms with Crippen molar-refractivity contribution in [2.75, 3.05) is 17.7 Å². The maximum atomic E-state index is 14.6. The van der Waals surface area contributed by atoms with E-state index in [1.807, 2.05) is 0 Å². The summed E-state index contributed by atoms with van der Waals surface area (Å²) >= 11 is 0. The van der Waals surface area contributed by atoms with Crippen molar-refractivity contribution in [1.29, 1.82) is 0 Å². The van der Waals surface area contributed by atoms with Crippen molar-refractivity contribution in [3.05, 3.63) is 41.2 Å². The minimum absolute atomic E-state index is 0.00610. The van der Waals surface area contributed by atoms with Crippen LogP contribution in [0.2, 0.25) is 0 Å². The van der Waals surface area contributed by atoms with Crippen molar-refractivity contribution < 1.29 is 68.4 Å². The molecule has 1 saturated heterocycles. The third kappa shape index (κ3) is 8.25. The highest BCUT2D eigenvalue weighted by molar-refractivity contribution is 6.23. The summed E-state index contributed by atoms with van der Waals surface area (Å²) in [6, 6.07) is 0.977. The number of rotatable bonds is 4. The number of ether oxygens (including phenoxy) is 5. The fraction of sp³-hybridized carbons (Fsp3) is 0.581. The van der Waals surface area contributed by atoms with Crippen molar-refractivity contribution >= 4 is 45.6 Å². The minimum Gasteiger partial charge on any atom is -0.507 e. The molecular weight excluding hydrogens is 768 g/mol. The highest BCUT2D eigenvalue weighted by Gasteiger charge is 2.51. The van der Waals surface area contributed by atoms with Crippen LogP contribution in [0.1, 0.15) is 83.7 Å². The first-order valence-corrected chi connectivity index (χ1v) is 20.0. The molecule has 0 spiro atoms. The molecule has 7 rings (SSSR count). The van der Waals surface area contributed by atoms with E-state index in [1.165, 1.54) is 59.3 Å². The summed E-state index contributed by atoms with van der Waals surface area (Å²) in [4.78, 5) is 54.0. The molecule has 4 aliphatic heterocycles. The number of hydrogen-bond acceptors (Lipinski definition) is 15. The number of Topliss-reactive ketones (excluding diaryl/α,β-unsaturated/α-hetero) is 1. The smallest absolute Gasteiger partial charge is 0.312 e. The minimum atomic E-state index is -2.00. The Morgan fingerprint density at radius 2 is 1.66 bits per heavy atom. The quantitative estimate of drug-likeness (QED) is 0.129. The molecule has 2 aromatic rings. The summed E-state index contributed by atoms with van der Waals surface area (Å²) in [6.45, 7) is 12.4. The number of carbonyl (C=O) groups is 4. The van der Waals surface area contributed by atoms with E-state index in [0.29, 0.717) is 19.3 Å². The van der Waals surface area contributed by atoms with Crippen LogP contribution in [-0.4, -0.2) is 105 Å². The number of phenols is 2. The number of ketones is 2. The number of aliphatic hydroxyl groups excluding tert-OH is 3. The Kier molecular flexibility index (Phi) is 12.4. The summed E-state index contributed by atoms with van der Waals surface area (Å²) in [5, 5.41) is 62.4. The predicted octanol–water partition coefficient (Wildman–Crippen LogP) is 4.36. The van der Waals surface area contributed by atoms with Crippen LogP contribution < -0.4 is 15.4 Å². The Morgan fingerprint density at radius 1 is 0.966 bits per heavy atom. The summed E-state index contributed by atoms with van der Waals surface area (Å²) < 4.78 is 29.4. The summed E-state index contributed by atoms with van der Waals surface area (Å²) in [6.07, 6.45) is -0.567. The van der Waals surface area contributed by atoms with Crippen LogP contribution in [0, 0.1) is 36.5 Å². The van der Waals surface area contributed by atoms with Gasteiger partial charge in [-0.2, -0.15) is 0 Å². The first-order valence-electron chi connectivity index (χ1n) is 20.0. The lowest BCUT2D eigenvalue weighted by Crippen LogP contribution is -2.46. The number of aromatic hydroxyl groups is 2. The second-order valence-electron chi connectivity index (χ2n) is 16.7. The molecule has 59 heavy (non-hydrogen) atoms. The van der Waals surface area contributed by atoms with E-state index in [0.717, 1.165) is 0 Å². The fourth-order valence-electron chi connectivity index (χ4n) is 8.79. The third-order valence-corrected chi connectivity index (χ3v) is 12.6. The Balaban J connectivity index is 1.49. The van der Waals surface area contributed by atoms with Crippen molar-refractivity contribution in [2.45, 2.75) is 123 Å². The number of phenolic OH excluding ortho intramolecular Hbond substituents is 2. The van der Waals surface area contributed by atoms with Crippen LogP contribution >= 0.6 is 0 Å². The molecular formula is C43H56N2O14. The van der Waals surface area contributed by atoms with Gasteiger partial charge in [0.2, 0.25) is 0 Å². The third-order valence-electron chi connectivity index (χ3n) is 12.6. The molecule has 13 atom stereocenters. The number of hydrogen-bond donors (Lipinski definition) is 7. The van der Waals surface area contributed by atoms with E-state index in [-0.39, 0.29) is 44.6 Å². The molecule has 0 unspecified atom stereocenters. The van der Waals surface area contributed by atoms with Gasteiger partial charge >= 0.3 is 11.8 Å². The number of benzene rings is 2. The van der Waals surface area contributed by atoms with E-state index < -0.39 is 113 Å². The number of methoxy groups -OCH3 is 1. The Bertz CT molecular complexity index is 2080. The van der Waals surface area contributed by atoms with Gasteiger partial charge in [0.1, 0.15) is 17.6 Å². The number of fused-ring (bicyclic) bond motifs is 12. The van der Waals surface area contributed by atoms with Crippen LogP contribution in [0.15, 0.2) is 30.1 Å². The van der Waals surface area contributed by atoms with Crippen molar-refractivity contribution in [3.8, 4) is 17.2 Å². The average Bonchev–Trinajstić information content (AvgIpc) is 3.94. The highest BCUT2D eigenvalue weighted by Crippen LogP contribution is 2.54.